The summed E-state index contributed by atoms with van der Waals surface area (Å²) in [7, 11) is -3.26. The van der Waals surface area contributed by atoms with Crippen LogP contribution in [0.1, 0.15) is 73.7 Å². The molecule has 8 nitrogen and oxygen atoms in total. The largest absolute Gasteiger partial charge is 0.477 e. The zero-order chi connectivity index (χ0) is 25.5. The molecule has 0 fully saturated rings. The Morgan fingerprint density at radius 3 is 1.09 bits per heavy atom. The number of carboxylic acid groups (broad SMARTS) is 4. The SMILES string of the molecule is Cc1c(C)c(C(=O)O)p(Cc2cccc(Cp3c(C(=O)O)c(C)c(C)c3C(=O)O)c2)c1C(=O)O. The van der Waals surface area contributed by atoms with E-state index in [-0.39, 0.29) is 33.5 Å². The number of benzene rings is 1. The van der Waals surface area contributed by atoms with Crippen LogP contribution < -0.4 is 0 Å². The molecule has 0 amide bonds. The zero-order valence-corrected chi connectivity index (χ0v) is 20.8. The molecule has 0 aliphatic heterocycles. The van der Waals surface area contributed by atoms with Crippen molar-refractivity contribution >= 4 is 38.9 Å². The standard InChI is InChI=1S/C24H24O8P2/c1-11-12(2)18(22(27)28)33(17(11)21(25)26)9-15-6-5-7-16(8-15)10-34-19(23(29)30)13(3)14(4)20(34)24(31)32/h5-8H,9-10H2,1-4H3,(H,25,26)(H,27,28)(H,29,30)(H,31,32). The van der Waals surface area contributed by atoms with Crippen LogP contribution >= 0.6 is 15.1 Å². The highest BCUT2D eigenvalue weighted by molar-refractivity contribution is 7.53. The van der Waals surface area contributed by atoms with Gasteiger partial charge in [-0.2, -0.15) is 0 Å². The van der Waals surface area contributed by atoms with Crippen molar-refractivity contribution in [3.8, 4) is 0 Å². The van der Waals surface area contributed by atoms with Gasteiger partial charge in [0.1, 0.15) is 0 Å². The van der Waals surface area contributed by atoms with Crippen LogP contribution in [0.4, 0.5) is 0 Å². The van der Waals surface area contributed by atoms with E-state index >= 15 is 0 Å². The Morgan fingerprint density at radius 2 is 0.853 bits per heavy atom. The molecule has 2 aromatic heterocycles. The molecule has 0 radical (unpaired) electrons. The minimum atomic E-state index is -1.63. The van der Waals surface area contributed by atoms with Gasteiger partial charge < -0.3 is 20.4 Å². The smallest absolute Gasteiger partial charge is 0.340 e. The van der Waals surface area contributed by atoms with Gasteiger partial charge in [0.15, 0.2) is 0 Å². The molecule has 1 aromatic carbocycles. The zero-order valence-electron chi connectivity index (χ0n) is 19.0. The average Bonchev–Trinajstić information content (AvgIpc) is 3.12. The minimum Gasteiger partial charge on any atom is -0.477 e. The van der Waals surface area contributed by atoms with Gasteiger partial charge in [0.2, 0.25) is 0 Å². The molecule has 0 saturated carbocycles. The molecule has 3 aromatic rings. The maximum Gasteiger partial charge on any atom is 0.340 e. The van der Waals surface area contributed by atoms with Crippen molar-refractivity contribution in [2.45, 2.75) is 40.0 Å². The third kappa shape index (κ3) is 4.39. The van der Waals surface area contributed by atoms with E-state index in [0.29, 0.717) is 33.4 Å². The van der Waals surface area contributed by atoms with Crippen LogP contribution in [0.25, 0.3) is 0 Å². The monoisotopic (exact) mass is 502 g/mol. The number of aromatic carboxylic acids is 4. The number of carbonyl (C=O) groups is 4. The van der Waals surface area contributed by atoms with Crippen LogP contribution in [0.2, 0.25) is 0 Å². The Labute approximate surface area is 197 Å². The molecule has 0 atom stereocenters. The van der Waals surface area contributed by atoms with Crippen LogP contribution in [-0.2, 0) is 12.3 Å². The van der Waals surface area contributed by atoms with Gasteiger partial charge in [0.05, 0.1) is 21.2 Å². The van der Waals surface area contributed by atoms with Crippen molar-refractivity contribution in [1.29, 1.82) is 0 Å². The second-order valence-corrected chi connectivity index (χ2v) is 12.2. The number of rotatable bonds is 8. The first-order valence-electron chi connectivity index (χ1n) is 10.3. The molecule has 0 unspecified atom stereocenters. The lowest BCUT2D eigenvalue weighted by atomic mass is 10.1. The normalized spacial score (nSPS) is 10.9. The molecule has 3 rings (SSSR count). The Morgan fingerprint density at radius 1 is 0.588 bits per heavy atom. The van der Waals surface area contributed by atoms with E-state index in [0.717, 1.165) is 0 Å². The fourth-order valence-electron chi connectivity index (χ4n) is 4.35. The van der Waals surface area contributed by atoms with Crippen molar-refractivity contribution in [2.24, 2.45) is 0 Å². The number of carboxylic acids is 4. The van der Waals surface area contributed by atoms with Crippen LogP contribution in [-0.4, -0.2) is 44.3 Å². The Balaban J connectivity index is 2.09. The second kappa shape index (κ2) is 9.49. The fraction of sp³-hybridized carbons (Fsp3) is 0.250. The van der Waals surface area contributed by atoms with Crippen molar-refractivity contribution in [3.63, 3.8) is 0 Å². The highest BCUT2D eigenvalue weighted by Gasteiger charge is 2.28. The summed E-state index contributed by atoms with van der Waals surface area (Å²) in [5, 5.41) is 39.4. The van der Waals surface area contributed by atoms with Crippen LogP contribution in [0.15, 0.2) is 24.3 Å². The second-order valence-electron chi connectivity index (χ2n) is 8.11. The quantitative estimate of drug-likeness (QED) is 0.303. The molecule has 0 spiro atoms. The van der Waals surface area contributed by atoms with Gasteiger partial charge in [-0.05, 0) is 61.1 Å². The molecule has 0 aliphatic rings. The van der Waals surface area contributed by atoms with Crippen molar-refractivity contribution in [1.82, 2.24) is 0 Å². The summed E-state index contributed by atoms with van der Waals surface area (Å²) in [6.07, 6.45) is 0.417. The van der Waals surface area contributed by atoms with Crippen molar-refractivity contribution < 1.29 is 39.6 Å². The van der Waals surface area contributed by atoms with E-state index in [1.54, 1.807) is 52.0 Å². The summed E-state index contributed by atoms with van der Waals surface area (Å²) in [5.41, 5.74) is 3.32. The third-order valence-electron chi connectivity index (χ3n) is 6.11. The van der Waals surface area contributed by atoms with Gasteiger partial charge in [-0.3, -0.25) is 0 Å². The van der Waals surface area contributed by atoms with Gasteiger partial charge in [-0.1, -0.05) is 39.3 Å². The summed E-state index contributed by atoms with van der Waals surface area (Å²) in [6.45, 7) is 6.47. The summed E-state index contributed by atoms with van der Waals surface area (Å²) < 4.78 is 0. The van der Waals surface area contributed by atoms with E-state index in [4.69, 9.17) is 0 Å². The lowest BCUT2D eigenvalue weighted by Crippen LogP contribution is -1.99. The van der Waals surface area contributed by atoms with E-state index in [1.807, 2.05) is 0 Å². The van der Waals surface area contributed by atoms with Gasteiger partial charge >= 0.3 is 23.9 Å². The average molecular weight is 502 g/mol. The molecule has 0 saturated heterocycles. The lowest BCUT2D eigenvalue weighted by Gasteiger charge is -2.10. The van der Waals surface area contributed by atoms with Gasteiger partial charge in [0.25, 0.3) is 0 Å². The van der Waals surface area contributed by atoms with Gasteiger partial charge in [0, 0.05) is 12.3 Å². The van der Waals surface area contributed by atoms with E-state index in [1.165, 1.54) is 0 Å². The highest BCUT2D eigenvalue weighted by atomic mass is 31.1. The number of hydrogen-bond donors (Lipinski definition) is 4. The van der Waals surface area contributed by atoms with Crippen LogP contribution in [0.5, 0.6) is 0 Å². The summed E-state index contributed by atoms with van der Waals surface area (Å²) in [5.74, 6) is -4.54. The number of hydrogen-bond acceptors (Lipinski definition) is 4. The molecular weight excluding hydrogens is 478 g/mol. The first-order chi connectivity index (χ1) is 15.9. The Hall–Kier alpha value is -3.34. The Kier molecular flexibility index (Phi) is 7.06. The van der Waals surface area contributed by atoms with Gasteiger partial charge in [-0.25, -0.2) is 19.2 Å². The minimum absolute atomic E-state index is 0.119. The van der Waals surface area contributed by atoms with E-state index in [2.05, 4.69) is 0 Å². The van der Waals surface area contributed by atoms with Crippen LogP contribution in [0, 0.1) is 27.7 Å². The van der Waals surface area contributed by atoms with E-state index < -0.39 is 38.9 Å². The predicted octanol–water partition coefficient (Wildman–Crippen LogP) is 5.78. The topological polar surface area (TPSA) is 149 Å². The fourth-order valence-corrected chi connectivity index (χ4v) is 9.77. The first-order valence-corrected chi connectivity index (χ1v) is 13.3. The van der Waals surface area contributed by atoms with Crippen molar-refractivity contribution in [2.75, 3.05) is 0 Å². The molecule has 34 heavy (non-hydrogen) atoms. The molecule has 178 valence electrons. The lowest BCUT2D eigenvalue weighted by molar-refractivity contribution is 0.0688. The van der Waals surface area contributed by atoms with E-state index in [9.17, 15) is 39.6 Å². The Bertz CT molecular complexity index is 1190. The summed E-state index contributed by atoms with van der Waals surface area (Å²) in [6, 6.07) is 7.07. The molecule has 0 bridgehead atoms. The summed E-state index contributed by atoms with van der Waals surface area (Å²) in [4.78, 5) is 47.6. The maximum atomic E-state index is 11.9. The highest BCUT2D eigenvalue weighted by Crippen LogP contribution is 2.49. The molecular formula is C24H24O8P2. The van der Waals surface area contributed by atoms with Crippen molar-refractivity contribution in [3.05, 3.63) is 78.8 Å². The maximum absolute atomic E-state index is 11.9. The molecule has 10 heteroatoms. The molecule has 4 N–H and O–H groups in total. The molecule has 2 heterocycles. The summed E-state index contributed by atoms with van der Waals surface area (Å²) >= 11 is 0. The van der Waals surface area contributed by atoms with Gasteiger partial charge in [-0.15, -0.1) is 0 Å². The molecule has 0 aliphatic carbocycles. The third-order valence-corrected chi connectivity index (χ3v) is 11.7. The van der Waals surface area contributed by atoms with Crippen LogP contribution in [0.3, 0.4) is 0 Å². The first kappa shape index (κ1) is 25.3. The predicted molar refractivity (Wildman–Crippen MR) is 130 cm³/mol.